The van der Waals surface area contributed by atoms with E-state index in [2.05, 4.69) is 4.74 Å². The minimum absolute atomic E-state index is 0.00258. The Morgan fingerprint density at radius 2 is 1.90 bits per heavy atom. The highest BCUT2D eigenvalue weighted by Gasteiger charge is 2.21. The largest absolute Gasteiger partial charge is 0.469 e. The molecule has 0 aliphatic rings. The van der Waals surface area contributed by atoms with E-state index in [1.165, 1.54) is 31.4 Å². The average Bonchev–Trinajstić information content (AvgIpc) is 2.47. The summed E-state index contributed by atoms with van der Waals surface area (Å²) in [7, 11) is 1.32. The van der Waals surface area contributed by atoms with Gasteiger partial charge in [0.2, 0.25) is 0 Å². The van der Waals surface area contributed by atoms with Gasteiger partial charge in [0.1, 0.15) is 5.82 Å². The van der Waals surface area contributed by atoms with Gasteiger partial charge in [0.15, 0.2) is 0 Å². The first-order chi connectivity index (χ1) is 9.49. The molecule has 1 aromatic carbocycles. The summed E-state index contributed by atoms with van der Waals surface area (Å²) in [4.78, 5) is 25.2. The van der Waals surface area contributed by atoms with Crippen molar-refractivity contribution >= 4 is 11.9 Å². The van der Waals surface area contributed by atoms with Crippen LogP contribution in [0.5, 0.6) is 0 Å². The number of halogens is 1. The van der Waals surface area contributed by atoms with E-state index in [1.807, 2.05) is 13.8 Å². The lowest BCUT2D eigenvalue weighted by Crippen LogP contribution is -2.39. The number of hydrogen-bond acceptors (Lipinski definition) is 3. The van der Waals surface area contributed by atoms with Gasteiger partial charge in [-0.15, -0.1) is 0 Å². The lowest BCUT2D eigenvalue weighted by Gasteiger charge is -2.28. The maximum Gasteiger partial charge on any atom is 0.307 e. The Balaban J connectivity index is 2.84. The smallest absolute Gasteiger partial charge is 0.307 e. The van der Waals surface area contributed by atoms with Crippen molar-refractivity contribution in [3.8, 4) is 0 Å². The van der Waals surface area contributed by atoms with E-state index in [1.54, 1.807) is 4.90 Å². The molecule has 0 bridgehead atoms. The van der Waals surface area contributed by atoms with Crippen LogP contribution in [-0.2, 0) is 9.53 Å². The molecule has 0 aromatic heterocycles. The van der Waals surface area contributed by atoms with Crippen LogP contribution >= 0.6 is 0 Å². The number of carbonyl (C=O) groups excluding carboxylic acids is 2. The Hall–Kier alpha value is -1.91. The molecule has 0 N–H and O–H groups in total. The van der Waals surface area contributed by atoms with E-state index in [-0.39, 0.29) is 36.7 Å². The normalized spacial score (nSPS) is 11.8. The molecule has 0 radical (unpaired) electrons. The molecule has 0 saturated carbocycles. The van der Waals surface area contributed by atoms with Gasteiger partial charge in [-0.1, -0.05) is 6.92 Å². The molecular weight excluding hydrogens is 261 g/mol. The van der Waals surface area contributed by atoms with E-state index < -0.39 is 0 Å². The lowest BCUT2D eigenvalue weighted by atomic mass is 10.1. The predicted octanol–water partition coefficient (Wildman–Crippen LogP) is 2.63. The first kappa shape index (κ1) is 16.1. The number of carbonyl (C=O) groups is 2. The standard InChI is InChI=1S/C15H20FNO3/c1-4-11(2)17(10-9-14(18)20-3)15(19)12-5-7-13(16)8-6-12/h5-8,11H,4,9-10H2,1-3H3. The zero-order valence-corrected chi connectivity index (χ0v) is 12.1. The van der Waals surface area contributed by atoms with Crippen LogP contribution in [-0.4, -0.2) is 36.5 Å². The molecule has 1 amide bonds. The molecule has 0 spiro atoms. The summed E-state index contributed by atoms with van der Waals surface area (Å²) in [5, 5.41) is 0. The van der Waals surface area contributed by atoms with Gasteiger partial charge >= 0.3 is 5.97 Å². The van der Waals surface area contributed by atoms with Gasteiger partial charge in [-0.25, -0.2) is 4.39 Å². The molecule has 0 fully saturated rings. The predicted molar refractivity (Wildman–Crippen MR) is 73.8 cm³/mol. The molecular formula is C15H20FNO3. The highest BCUT2D eigenvalue weighted by molar-refractivity contribution is 5.94. The number of amides is 1. The van der Waals surface area contributed by atoms with Crippen molar-refractivity contribution in [3.63, 3.8) is 0 Å². The highest BCUT2D eigenvalue weighted by atomic mass is 19.1. The summed E-state index contributed by atoms with van der Waals surface area (Å²) in [5.41, 5.74) is 0.413. The molecule has 4 nitrogen and oxygen atoms in total. The van der Waals surface area contributed by atoms with Crippen molar-refractivity contribution in [1.82, 2.24) is 4.90 Å². The van der Waals surface area contributed by atoms with Gasteiger partial charge in [-0.05, 0) is 37.6 Å². The van der Waals surface area contributed by atoms with E-state index in [0.717, 1.165) is 6.42 Å². The third kappa shape index (κ3) is 4.33. The van der Waals surface area contributed by atoms with Gasteiger partial charge in [0, 0.05) is 18.2 Å². The second-order valence-electron chi connectivity index (χ2n) is 4.59. The third-order valence-electron chi connectivity index (χ3n) is 3.26. The molecule has 0 aliphatic heterocycles. The Morgan fingerprint density at radius 3 is 2.40 bits per heavy atom. The van der Waals surface area contributed by atoms with Crippen LogP contribution in [0.2, 0.25) is 0 Å². The minimum atomic E-state index is -0.383. The quantitative estimate of drug-likeness (QED) is 0.753. The molecule has 20 heavy (non-hydrogen) atoms. The van der Waals surface area contributed by atoms with Crippen molar-refractivity contribution in [1.29, 1.82) is 0 Å². The second kappa shape index (κ2) is 7.62. The number of methoxy groups -OCH3 is 1. The van der Waals surface area contributed by atoms with E-state index in [9.17, 15) is 14.0 Å². The highest BCUT2D eigenvalue weighted by Crippen LogP contribution is 2.12. The van der Waals surface area contributed by atoms with Crippen LogP contribution < -0.4 is 0 Å². The molecule has 5 heteroatoms. The summed E-state index contributed by atoms with van der Waals surface area (Å²) in [6.45, 7) is 4.17. The fourth-order valence-electron chi connectivity index (χ4n) is 1.81. The topological polar surface area (TPSA) is 46.6 Å². The fraction of sp³-hybridized carbons (Fsp3) is 0.467. The number of ether oxygens (including phenoxy) is 1. The summed E-state index contributed by atoms with van der Waals surface area (Å²) in [6, 6.07) is 5.40. The Bertz CT molecular complexity index is 459. The van der Waals surface area contributed by atoms with Crippen LogP contribution in [0.1, 0.15) is 37.0 Å². The van der Waals surface area contributed by atoms with Crippen LogP contribution in [0.15, 0.2) is 24.3 Å². The van der Waals surface area contributed by atoms with Gasteiger partial charge in [-0.2, -0.15) is 0 Å². The van der Waals surface area contributed by atoms with Crippen LogP contribution in [0.4, 0.5) is 4.39 Å². The summed E-state index contributed by atoms with van der Waals surface area (Å²) in [6.07, 6.45) is 0.919. The first-order valence-electron chi connectivity index (χ1n) is 6.63. The Kier molecular flexibility index (Phi) is 6.15. The molecule has 1 atom stereocenters. The molecule has 1 aromatic rings. The molecule has 0 saturated heterocycles. The SMILES string of the molecule is CCC(C)N(CCC(=O)OC)C(=O)c1ccc(F)cc1. The van der Waals surface area contributed by atoms with Gasteiger partial charge in [0.25, 0.3) is 5.91 Å². The van der Waals surface area contributed by atoms with Crippen molar-refractivity contribution in [3.05, 3.63) is 35.6 Å². The molecule has 1 rings (SSSR count). The lowest BCUT2D eigenvalue weighted by molar-refractivity contribution is -0.140. The zero-order chi connectivity index (χ0) is 15.1. The van der Waals surface area contributed by atoms with Crippen LogP contribution in [0.25, 0.3) is 0 Å². The zero-order valence-electron chi connectivity index (χ0n) is 12.1. The number of benzene rings is 1. The molecule has 110 valence electrons. The minimum Gasteiger partial charge on any atom is -0.469 e. The Labute approximate surface area is 118 Å². The molecule has 1 unspecified atom stereocenters. The monoisotopic (exact) mass is 281 g/mol. The summed E-state index contributed by atoms with van der Waals surface area (Å²) in [5.74, 6) is -0.945. The number of esters is 1. The van der Waals surface area contributed by atoms with Gasteiger partial charge < -0.3 is 9.64 Å². The van der Waals surface area contributed by atoms with Gasteiger partial charge in [0.05, 0.1) is 13.5 Å². The first-order valence-corrected chi connectivity index (χ1v) is 6.63. The van der Waals surface area contributed by atoms with E-state index >= 15 is 0 Å². The molecule has 0 heterocycles. The Morgan fingerprint density at radius 1 is 1.30 bits per heavy atom. The number of hydrogen-bond donors (Lipinski definition) is 0. The van der Waals surface area contributed by atoms with Crippen molar-refractivity contribution in [2.75, 3.05) is 13.7 Å². The van der Waals surface area contributed by atoms with E-state index in [4.69, 9.17) is 0 Å². The molecule has 0 aliphatic carbocycles. The average molecular weight is 281 g/mol. The maximum absolute atomic E-state index is 12.9. The maximum atomic E-state index is 12.9. The number of nitrogens with zero attached hydrogens (tertiary/aromatic N) is 1. The van der Waals surface area contributed by atoms with Crippen molar-refractivity contribution in [2.45, 2.75) is 32.7 Å². The van der Waals surface area contributed by atoms with Gasteiger partial charge in [-0.3, -0.25) is 9.59 Å². The third-order valence-corrected chi connectivity index (χ3v) is 3.26. The van der Waals surface area contributed by atoms with Crippen molar-refractivity contribution < 1.29 is 18.7 Å². The van der Waals surface area contributed by atoms with E-state index in [0.29, 0.717) is 5.56 Å². The van der Waals surface area contributed by atoms with Crippen LogP contribution in [0.3, 0.4) is 0 Å². The summed E-state index contributed by atoms with van der Waals surface area (Å²) >= 11 is 0. The summed E-state index contributed by atoms with van der Waals surface area (Å²) < 4.78 is 17.5. The van der Waals surface area contributed by atoms with Crippen LogP contribution in [0, 0.1) is 5.82 Å². The number of rotatable bonds is 6. The van der Waals surface area contributed by atoms with Crippen molar-refractivity contribution in [2.24, 2.45) is 0 Å². The second-order valence-corrected chi connectivity index (χ2v) is 4.59. The fourth-order valence-corrected chi connectivity index (χ4v) is 1.81.